The number of aromatic amines is 1. The van der Waals surface area contributed by atoms with E-state index in [0.717, 1.165) is 18.7 Å². The number of aryl methyl sites for hydroxylation is 1. The lowest BCUT2D eigenvalue weighted by molar-refractivity contribution is 0.244. The molecule has 1 aromatic rings. The van der Waals surface area contributed by atoms with Gasteiger partial charge in [-0.25, -0.2) is 0 Å². The monoisotopic (exact) mass is 211 g/mol. The number of aliphatic hydroxyl groups is 1. The van der Waals surface area contributed by atoms with Crippen LogP contribution in [0.2, 0.25) is 0 Å². The molecule has 3 N–H and O–H groups in total. The summed E-state index contributed by atoms with van der Waals surface area (Å²) >= 11 is 0. The van der Waals surface area contributed by atoms with Gasteiger partial charge in [-0.15, -0.1) is 0 Å². The molecule has 1 atom stereocenters. The zero-order valence-corrected chi connectivity index (χ0v) is 9.75. The molecular weight excluding hydrogens is 190 g/mol. The number of aliphatic hydroxyl groups excluding tert-OH is 1. The van der Waals surface area contributed by atoms with Gasteiger partial charge in [0, 0.05) is 30.5 Å². The van der Waals surface area contributed by atoms with Crippen molar-refractivity contribution in [2.45, 2.75) is 39.8 Å². The molecular formula is C11H21N3O. The molecule has 0 aliphatic heterocycles. The van der Waals surface area contributed by atoms with Gasteiger partial charge in [0.25, 0.3) is 0 Å². The third-order valence-electron chi connectivity index (χ3n) is 2.73. The third kappa shape index (κ3) is 3.64. The molecule has 1 aromatic heterocycles. The fraction of sp³-hybridized carbons (Fsp3) is 0.727. The number of hydrogen-bond donors (Lipinski definition) is 3. The molecule has 0 amide bonds. The smallest absolute Gasteiger partial charge is 0.0535 e. The summed E-state index contributed by atoms with van der Waals surface area (Å²) in [7, 11) is 0. The molecule has 4 nitrogen and oxygen atoms in total. The number of aromatic nitrogens is 2. The average Bonchev–Trinajstić information content (AvgIpc) is 2.58. The predicted molar refractivity (Wildman–Crippen MR) is 60.5 cm³/mol. The van der Waals surface area contributed by atoms with Crippen molar-refractivity contribution in [1.82, 2.24) is 15.5 Å². The highest BCUT2D eigenvalue weighted by molar-refractivity contribution is 5.13. The summed E-state index contributed by atoms with van der Waals surface area (Å²) in [6, 6.07) is 0.365. The van der Waals surface area contributed by atoms with Gasteiger partial charge in [0.05, 0.1) is 6.20 Å². The highest BCUT2D eigenvalue weighted by atomic mass is 16.3. The SMILES string of the molecule is Cc1[nH]ncc1CNC(CCO)C(C)C. The second kappa shape index (κ2) is 5.88. The quantitative estimate of drug-likeness (QED) is 0.663. The van der Waals surface area contributed by atoms with E-state index in [1.54, 1.807) is 0 Å². The second-order valence-corrected chi connectivity index (χ2v) is 4.26. The largest absolute Gasteiger partial charge is 0.396 e. The van der Waals surface area contributed by atoms with Crippen LogP contribution in [0.25, 0.3) is 0 Å². The summed E-state index contributed by atoms with van der Waals surface area (Å²) in [6.45, 7) is 7.39. The lowest BCUT2D eigenvalue weighted by Gasteiger charge is -2.21. The summed E-state index contributed by atoms with van der Waals surface area (Å²) in [6.07, 6.45) is 2.65. The van der Waals surface area contributed by atoms with Crippen LogP contribution in [0.5, 0.6) is 0 Å². The molecule has 0 aliphatic rings. The summed E-state index contributed by atoms with van der Waals surface area (Å²) in [4.78, 5) is 0. The van der Waals surface area contributed by atoms with E-state index in [0.29, 0.717) is 12.0 Å². The van der Waals surface area contributed by atoms with Crippen LogP contribution >= 0.6 is 0 Å². The minimum absolute atomic E-state index is 0.236. The van der Waals surface area contributed by atoms with Crippen LogP contribution in [0.3, 0.4) is 0 Å². The molecule has 1 unspecified atom stereocenters. The first kappa shape index (κ1) is 12.2. The fourth-order valence-corrected chi connectivity index (χ4v) is 1.61. The lowest BCUT2D eigenvalue weighted by atomic mass is 10.0. The Morgan fingerprint density at radius 1 is 1.53 bits per heavy atom. The van der Waals surface area contributed by atoms with Gasteiger partial charge in [-0.05, 0) is 19.3 Å². The molecule has 0 fully saturated rings. The summed E-state index contributed by atoms with van der Waals surface area (Å²) in [5.41, 5.74) is 2.30. The second-order valence-electron chi connectivity index (χ2n) is 4.26. The number of nitrogens with zero attached hydrogens (tertiary/aromatic N) is 1. The van der Waals surface area contributed by atoms with Crippen LogP contribution in [0, 0.1) is 12.8 Å². The van der Waals surface area contributed by atoms with Crippen molar-refractivity contribution in [3.63, 3.8) is 0 Å². The number of H-pyrrole nitrogens is 1. The van der Waals surface area contributed by atoms with Gasteiger partial charge in [-0.2, -0.15) is 5.10 Å². The van der Waals surface area contributed by atoms with Crippen molar-refractivity contribution in [1.29, 1.82) is 0 Å². The van der Waals surface area contributed by atoms with Crippen LogP contribution in [-0.2, 0) is 6.54 Å². The highest BCUT2D eigenvalue weighted by Gasteiger charge is 2.12. The van der Waals surface area contributed by atoms with E-state index < -0.39 is 0 Å². The molecule has 0 aliphatic carbocycles. The summed E-state index contributed by atoms with van der Waals surface area (Å²) in [5.74, 6) is 0.532. The average molecular weight is 211 g/mol. The lowest BCUT2D eigenvalue weighted by Crippen LogP contribution is -2.34. The number of rotatable bonds is 6. The maximum atomic E-state index is 8.94. The van der Waals surface area contributed by atoms with Crippen molar-refractivity contribution in [2.75, 3.05) is 6.61 Å². The van der Waals surface area contributed by atoms with Gasteiger partial charge in [-0.3, -0.25) is 5.10 Å². The van der Waals surface area contributed by atoms with Crippen LogP contribution in [0.4, 0.5) is 0 Å². The molecule has 1 heterocycles. The van der Waals surface area contributed by atoms with E-state index in [1.807, 2.05) is 13.1 Å². The Kier molecular flexibility index (Phi) is 4.78. The summed E-state index contributed by atoms with van der Waals surface area (Å²) in [5, 5.41) is 19.3. The van der Waals surface area contributed by atoms with Gasteiger partial charge in [-0.1, -0.05) is 13.8 Å². The molecule has 0 saturated heterocycles. The van der Waals surface area contributed by atoms with Gasteiger partial charge >= 0.3 is 0 Å². The first-order chi connectivity index (χ1) is 7.15. The van der Waals surface area contributed by atoms with Gasteiger partial charge in [0.15, 0.2) is 0 Å². The molecule has 0 radical (unpaired) electrons. The van der Waals surface area contributed by atoms with Crippen molar-refractivity contribution in [2.24, 2.45) is 5.92 Å². The van der Waals surface area contributed by atoms with Crippen LogP contribution in [0.15, 0.2) is 6.20 Å². The van der Waals surface area contributed by atoms with Crippen molar-refractivity contribution in [3.8, 4) is 0 Å². The Bertz CT molecular complexity index is 283. The number of nitrogens with one attached hydrogen (secondary N) is 2. The Hall–Kier alpha value is -0.870. The van der Waals surface area contributed by atoms with E-state index >= 15 is 0 Å². The molecule has 0 bridgehead atoms. The predicted octanol–water partition coefficient (Wildman–Crippen LogP) is 1.21. The Balaban J connectivity index is 2.43. The number of hydrogen-bond acceptors (Lipinski definition) is 3. The maximum absolute atomic E-state index is 8.94. The van der Waals surface area contributed by atoms with Gasteiger partial charge in [0.1, 0.15) is 0 Å². The Morgan fingerprint density at radius 3 is 2.73 bits per heavy atom. The third-order valence-corrected chi connectivity index (χ3v) is 2.73. The zero-order chi connectivity index (χ0) is 11.3. The van der Waals surface area contributed by atoms with Crippen LogP contribution in [0.1, 0.15) is 31.5 Å². The molecule has 86 valence electrons. The summed E-state index contributed by atoms with van der Waals surface area (Å²) < 4.78 is 0. The van der Waals surface area contributed by atoms with Gasteiger partial charge in [0.2, 0.25) is 0 Å². The van der Waals surface area contributed by atoms with Crippen LogP contribution in [-0.4, -0.2) is 28.0 Å². The molecule has 0 spiro atoms. The van der Waals surface area contributed by atoms with E-state index in [1.165, 1.54) is 5.56 Å². The Labute approximate surface area is 91.1 Å². The first-order valence-corrected chi connectivity index (χ1v) is 5.48. The fourth-order valence-electron chi connectivity index (χ4n) is 1.61. The van der Waals surface area contributed by atoms with E-state index in [4.69, 9.17) is 5.11 Å². The normalized spacial score (nSPS) is 13.4. The zero-order valence-electron chi connectivity index (χ0n) is 9.75. The highest BCUT2D eigenvalue weighted by Crippen LogP contribution is 2.08. The molecule has 1 rings (SSSR count). The maximum Gasteiger partial charge on any atom is 0.0535 e. The first-order valence-electron chi connectivity index (χ1n) is 5.48. The molecule has 4 heteroatoms. The van der Waals surface area contributed by atoms with E-state index in [2.05, 4.69) is 29.4 Å². The van der Waals surface area contributed by atoms with Crippen LogP contribution < -0.4 is 5.32 Å². The Morgan fingerprint density at radius 2 is 2.27 bits per heavy atom. The molecule has 15 heavy (non-hydrogen) atoms. The van der Waals surface area contributed by atoms with Gasteiger partial charge < -0.3 is 10.4 Å². The minimum atomic E-state index is 0.236. The van der Waals surface area contributed by atoms with Crippen molar-refractivity contribution in [3.05, 3.63) is 17.5 Å². The van der Waals surface area contributed by atoms with Crippen molar-refractivity contribution >= 4 is 0 Å². The molecule has 0 aromatic carbocycles. The minimum Gasteiger partial charge on any atom is -0.396 e. The molecule has 0 saturated carbocycles. The van der Waals surface area contributed by atoms with E-state index in [9.17, 15) is 0 Å². The topological polar surface area (TPSA) is 60.9 Å². The standard InChI is InChI=1S/C11H21N3O/c1-8(2)11(4-5-15)12-6-10-7-13-14-9(10)3/h7-8,11-12,15H,4-6H2,1-3H3,(H,13,14). The van der Waals surface area contributed by atoms with E-state index in [-0.39, 0.29) is 6.61 Å². The van der Waals surface area contributed by atoms with Crippen molar-refractivity contribution < 1.29 is 5.11 Å².